The lowest BCUT2D eigenvalue weighted by molar-refractivity contribution is 0.0661. The van der Waals surface area contributed by atoms with Gasteiger partial charge in [-0.2, -0.15) is 5.10 Å². The van der Waals surface area contributed by atoms with Gasteiger partial charge in [0.05, 0.1) is 22.5 Å². The number of H-pyrrole nitrogens is 1. The molecule has 2 N–H and O–H groups in total. The van der Waals surface area contributed by atoms with Crippen LogP contribution in [0.25, 0.3) is 0 Å². The normalized spacial score (nSPS) is 19.8. The van der Waals surface area contributed by atoms with Gasteiger partial charge in [0.25, 0.3) is 11.8 Å². The van der Waals surface area contributed by atoms with E-state index in [4.69, 9.17) is 23.2 Å². The molecular formula is C19H24Cl2N6O2. The molecule has 2 amide bonds. The molecule has 8 nitrogen and oxygen atoms in total. The number of nitrogens with one attached hydrogen (secondary N) is 2. The Labute approximate surface area is 179 Å². The molecule has 2 aromatic rings. The smallest absolute Gasteiger partial charge is 0.267 e. The molecule has 2 aliphatic heterocycles. The van der Waals surface area contributed by atoms with Gasteiger partial charge in [-0.3, -0.25) is 14.3 Å². The van der Waals surface area contributed by atoms with Gasteiger partial charge in [0, 0.05) is 39.3 Å². The van der Waals surface area contributed by atoms with Crippen LogP contribution in [0.5, 0.6) is 0 Å². The first kappa shape index (κ1) is 20.3. The van der Waals surface area contributed by atoms with Crippen LogP contribution in [-0.4, -0.2) is 76.2 Å². The monoisotopic (exact) mass is 438 g/mol. The maximum atomic E-state index is 13.0. The molecule has 0 spiro atoms. The Morgan fingerprint density at radius 3 is 2.69 bits per heavy atom. The number of hydrogen-bond donors (Lipinski definition) is 2. The van der Waals surface area contributed by atoms with Crippen molar-refractivity contribution in [3.05, 3.63) is 39.4 Å². The van der Waals surface area contributed by atoms with E-state index < -0.39 is 0 Å². The van der Waals surface area contributed by atoms with E-state index in [0.29, 0.717) is 29.2 Å². The molecule has 4 rings (SSSR count). The molecule has 2 aromatic heterocycles. The topological polar surface area (TPSA) is 86.3 Å². The molecule has 1 fully saturated rings. The standard InChI is InChI=1S/C19H24Cl2N6O2/c1-25-4-6-26(7-5-25)19(29)13-11-23-27-3-2-12(8-16(13)27)10-22-18(28)15-9-14(20)17(21)24-15/h9,11-12,24H,2-8,10H2,1H3,(H,22,28). The maximum absolute atomic E-state index is 13.0. The number of amides is 2. The zero-order valence-electron chi connectivity index (χ0n) is 16.3. The number of carbonyl (C=O) groups is 2. The highest BCUT2D eigenvalue weighted by Crippen LogP contribution is 2.25. The van der Waals surface area contributed by atoms with Crippen molar-refractivity contribution in [2.45, 2.75) is 19.4 Å². The summed E-state index contributed by atoms with van der Waals surface area (Å²) in [7, 11) is 2.07. The second kappa shape index (κ2) is 8.38. The average molecular weight is 439 g/mol. The number of aromatic amines is 1. The van der Waals surface area contributed by atoms with E-state index in [-0.39, 0.29) is 22.9 Å². The first-order chi connectivity index (χ1) is 13.9. The first-order valence-electron chi connectivity index (χ1n) is 9.77. The molecule has 2 aliphatic rings. The Balaban J connectivity index is 1.38. The van der Waals surface area contributed by atoms with Crippen LogP contribution in [0.1, 0.15) is 33.0 Å². The molecule has 29 heavy (non-hydrogen) atoms. The van der Waals surface area contributed by atoms with Crippen LogP contribution in [-0.2, 0) is 13.0 Å². The molecule has 0 saturated carbocycles. The molecule has 0 aliphatic carbocycles. The Morgan fingerprint density at radius 1 is 1.24 bits per heavy atom. The number of nitrogens with zero attached hydrogens (tertiary/aromatic N) is 4. The zero-order chi connectivity index (χ0) is 20.5. The summed E-state index contributed by atoms with van der Waals surface area (Å²) < 4.78 is 1.92. The molecule has 0 bridgehead atoms. The lowest BCUT2D eigenvalue weighted by Crippen LogP contribution is -2.47. The second-order valence-corrected chi connectivity index (χ2v) is 8.52. The lowest BCUT2D eigenvalue weighted by Gasteiger charge is -2.32. The lowest BCUT2D eigenvalue weighted by atomic mass is 9.94. The fourth-order valence-electron chi connectivity index (χ4n) is 3.89. The van der Waals surface area contributed by atoms with E-state index in [9.17, 15) is 9.59 Å². The first-order valence-corrected chi connectivity index (χ1v) is 10.5. The minimum atomic E-state index is -0.244. The molecule has 1 unspecified atom stereocenters. The average Bonchev–Trinajstić information content (AvgIpc) is 3.29. The zero-order valence-corrected chi connectivity index (χ0v) is 17.8. The van der Waals surface area contributed by atoms with Gasteiger partial charge in [-0.1, -0.05) is 23.2 Å². The van der Waals surface area contributed by atoms with Crippen LogP contribution in [0, 0.1) is 5.92 Å². The van der Waals surface area contributed by atoms with Crippen molar-refractivity contribution in [2.75, 3.05) is 39.8 Å². The molecule has 0 aromatic carbocycles. The number of hydrogen-bond acceptors (Lipinski definition) is 4. The van der Waals surface area contributed by atoms with E-state index in [2.05, 4.69) is 27.3 Å². The quantitative estimate of drug-likeness (QED) is 0.762. The summed E-state index contributed by atoms with van der Waals surface area (Å²) in [5, 5.41) is 7.93. The highest BCUT2D eigenvalue weighted by molar-refractivity contribution is 6.41. The summed E-state index contributed by atoms with van der Waals surface area (Å²) in [5.41, 5.74) is 1.99. The minimum Gasteiger partial charge on any atom is -0.350 e. The van der Waals surface area contributed by atoms with Crippen molar-refractivity contribution < 1.29 is 9.59 Å². The third-order valence-electron chi connectivity index (χ3n) is 5.72. The SMILES string of the molecule is CN1CCN(C(=O)c2cnn3c2CC(CNC(=O)c2cc(Cl)c(Cl)[nH]2)CC3)CC1. The van der Waals surface area contributed by atoms with Crippen molar-refractivity contribution in [1.29, 1.82) is 0 Å². The van der Waals surface area contributed by atoms with Crippen molar-refractivity contribution in [1.82, 2.24) is 29.9 Å². The number of carbonyl (C=O) groups excluding carboxylic acids is 2. The molecule has 0 radical (unpaired) electrons. The number of rotatable bonds is 4. The van der Waals surface area contributed by atoms with Crippen molar-refractivity contribution in [3.63, 3.8) is 0 Å². The number of aromatic nitrogens is 3. The van der Waals surface area contributed by atoms with E-state index in [1.54, 1.807) is 6.20 Å². The summed E-state index contributed by atoms with van der Waals surface area (Å²) in [6, 6.07) is 1.52. The van der Waals surface area contributed by atoms with E-state index >= 15 is 0 Å². The summed E-state index contributed by atoms with van der Waals surface area (Å²) in [4.78, 5) is 32.2. The molecule has 4 heterocycles. The van der Waals surface area contributed by atoms with Gasteiger partial charge in [0.1, 0.15) is 10.8 Å². The summed E-state index contributed by atoms with van der Waals surface area (Å²) in [6.07, 6.45) is 3.30. The van der Waals surface area contributed by atoms with Crippen LogP contribution in [0.4, 0.5) is 0 Å². The predicted octanol–water partition coefficient (Wildman–Crippen LogP) is 1.90. The van der Waals surface area contributed by atoms with E-state index in [1.807, 2.05) is 9.58 Å². The van der Waals surface area contributed by atoms with Crippen LogP contribution >= 0.6 is 23.2 Å². The van der Waals surface area contributed by atoms with Crippen LogP contribution < -0.4 is 5.32 Å². The number of halogens is 2. The predicted molar refractivity (Wildman–Crippen MR) is 111 cm³/mol. The fourth-order valence-corrected chi connectivity index (χ4v) is 4.20. The van der Waals surface area contributed by atoms with Crippen molar-refractivity contribution >= 4 is 35.0 Å². The van der Waals surface area contributed by atoms with E-state index in [0.717, 1.165) is 44.8 Å². The Hall–Kier alpha value is -2.03. The summed E-state index contributed by atoms with van der Waals surface area (Å²) in [6.45, 7) is 4.50. The van der Waals surface area contributed by atoms with Gasteiger partial charge < -0.3 is 20.1 Å². The Kier molecular flexibility index (Phi) is 5.85. The second-order valence-electron chi connectivity index (χ2n) is 7.74. The molecule has 1 atom stereocenters. The van der Waals surface area contributed by atoms with Crippen molar-refractivity contribution in [3.8, 4) is 0 Å². The third-order valence-corrected chi connectivity index (χ3v) is 6.41. The van der Waals surface area contributed by atoms with Gasteiger partial charge >= 0.3 is 0 Å². The number of aryl methyl sites for hydroxylation is 1. The van der Waals surface area contributed by atoms with Crippen LogP contribution in [0.15, 0.2) is 12.3 Å². The van der Waals surface area contributed by atoms with Crippen LogP contribution in [0.2, 0.25) is 10.2 Å². The maximum Gasteiger partial charge on any atom is 0.267 e. The molecule has 156 valence electrons. The number of fused-ring (bicyclic) bond motifs is 1. The van der Waals surface area contributed by atoms with Crippen molar-refractivity contribution in [2.24, 2.45) is 5.92 Å². The number of likely N-dealkylation sites (N-methyl/N-ethyl adjacent to an activating group) is 1. The highest BCUT2D eigenvalue weighted by Gasteiger charge is 2.29. The fraction of sp³-hybridized carbons (Fsp3) is 0.526. The Morgan fingerprint density at radius 2 is 2.00 bits per heavy atom. The molecule has 1 saturated heterocycles. The van der Waals surface area contributed by atoms with Gasteiger partial charge in [-0.15, -0.1) is 0 Å². The van der Waals surface area contributed by atoms with Crippen LogP contribution in [0.3, 0.4) is 0 Å². The van der Waals surface area contributed by atoms with Gasteiger partial charge in [0.2, 0.25) is 0 Å². The van der Waals surface area contributed by atoms with Gasteiger partial charge in [-0.05, 0) is 31.9 Å². The van der Waals surface area contributed by atoms with Gasteiger partial charge in [-0.25, -0.2) is 0 Å². The summed E-state index contributed by atoms with van der Waals surface area (Å²) >= 11 is 11.8. The highest BCUT2D eigenvalue weighted by atomic mass is 35.5. The Bertz CT molecular complexity index is 896. The minimum absolute atomic E-state index is 0.0553. The van der Waals surface area contributed by atoms with E-state index in [1.165, 1.54) is 6.07 Å². The molecular weight excluding hydrogens is 415 g/mol. The molecule has 10 heteroatoms. The summed E-state index contributed by atoms with van der Waals surface area (Å²) in [5.74, 6) is 0.0504. The number of piperazine rings is 1. The largest absolute Gasteiger partial charge is 0.350 e. The third kappa shape index (κ3) is 4.29. The van der Waals surface area contributed by atoms with Gasteiger partial charge in [0.15, 0.2) is 0 Å².